The maximum atomic E-state index is 13.7. The monoisotopic (exact) mass is 376 g/mol. The van der Waals surface area contributed by atoms with Gasteiger partial charge in [-0.3, -0.25) is 10.1 Å². The molecule has 0 atom stereocenters. The number of hydrogen-bond donors (Lipinski definition) is 1. The molecule has 0 bridgehead atoms. The number of unbranched alkanes of at least 4 members (excludes halogenated alkanes) is 2. The fourth-order valence-electron chi connectivity index (χ4n) is 2.45. The lowest BCUT2D eigenvalue weighted by molar-refractivity contribution is 0.102. The van der Waals surface area contributed by atoms with E-state index in [2.05, 4.69) is 17.2 Å². The summed E-state index contributed by atoms with van der Waals surface area (Å²) < 4.78 is 33.0. The smallest absolute Gasteiger partial charge is 0.257 e. The quantitative estimate of drug-likeness (QED) is 0.562. The average molecular weight is 376 g/mol. The maximum Gasteiger partial charge on any atom is 0.257 e. The number of halogens is 2. The Balaban J connectivity index is 1.71. The molecule has 0 unspecified atom stereocenters. The molecule has 1 N–H and O–H groups in total. The first-order valence-corrected chi connectivity index (χ1v) is 9.18. The SMILES string of the molecule is CCCCCOc1cccc(C(=O)Nc2nc3c(F)cc(F)cc3s2)c1. The van der Waals surface area contributed by atoms with Crippen LogP contribution in [0, 0.1) is 11.6 Å². The van der Waals surface area contributed by atoms with E-state index in [0.717, 1.165) is 36.7 Å². The Hall–Kier alpha value is -2.54. The first-order chi connectivity index (χ1) is 12.6. The van der Waals surface area contributed by atoms with E-state index in [4.69, 9.17) is 4.74 Å². The van der Waals surface area contributed by atoms with Crippen molar-refractivity contribution in [3.05, 3.63) is 53.6 Å². The third-order valence-corrected chi connectivity index (χ3v) is 4.66. The number of anilines is 1. The molecule has 0 saturated heterocycles. The van der Waals surface area contributed by atoms with E-state index < -0.39 is 11.6 Å². The molecule has 0 spiro atoms. The third-order valence-electron chi connectivity index (χ3n) is 3.75. The summed E-state index contributed by atoms with van der Waals surface area (Å²) >= 11 is 1.02. The normalized spacial score (nSPS) is 10.9. The Kier molecular flexibility index (Phi) is 5.78. The van der Waals surface area contributed by atoms with E-state index in [1.807, 2.05) is 0 Å². The summed E-state index contributed by atoms with van der Waals surface area (Å²) in [5.41, 5.74) is 0.448. The van der Waals surface area contributed by atoms with Crippen LogP contribution in [0.4, 0.5) is 13.9 Å². The number of nitrogens with zero attached hydrogens (tertiary/aromatic N) is 1. The van der Waals surface area contributed by atoms with Gasteiger partial charge in [0.2, 0.25) is 0 Å². The van der Waals surface area contributed by atoms with Gasteiger partial charge in [-0.05, 0) is 30.7 Å². The Morgan fingerprint density at radius 2 is 2.08 bits per heavy atom. The Labute approximate surface area is 153 Å². The molecule has 7 heteroatoms. The van der Waals surface area contributed by atoms with Crippen LogP contribution in [-0.2, 0) is 0 Å². The van der Waals surface area contributed by atoms with Crippen molar-refractivity contribution in [2.45, 2.75) is 26.2 Å². The largest absolute Gasteiger partial charge is 0.494 e. The molecular formula is C19H18F2N2O2S. The molecule has 3 aromatic rings. The number of benzene rings is 2. The molecule has 2 aromatic carbocycles. The van der Waals surface area contributed by atoms with Crippen LogP contribution in [0.3, 0.4) is 0 Å². The molecule has 0 aliphatic heterocycles. The van der Waals surface area contributed by atoms with Gasteiger partial charge < -0.3 is 4.74 Å². The molecule has 1 amide bonds. The van der Waals surface area contributed by atoms with Crippen molar-refractivity contribution in [3.8, 4) is 5.75 Å². The lowest BCUT2D eigenvalue weighted by Gasteiger charge is -2.07. The van der Waals surface area contributed by atoms with Crippen molar-refractivity contribution in [2.24, 2.45) is 0 Å². The molecule has 1 aromatic heterocycles. The van der Waals surface area contributed by atoms with E-state index in [-0.39, 0.29) is 16.6 Å². The zero-order valence-electron chi connectivity index (χ0n) is 14.2. The van der Waals surface area contributed by atoms with Gasteiger partial charge in [0.05, 0.1) is 11.3 Å². The minimum absolute atomic E-state index is 0.0414. The first-order valence-electron chi connectivity index (χ1n) is 8.36. The van der Waals surface area contributed by atoms with Gasteiger partial charge in [-0.15, -0.1) is 0 Å². The van der Waals surface area contributed by atoms with Gasteiger partial charge in [-0.1, -0.05) is 37.2 Å². The molecule has 0 radical (unpaired) electrons. The number of nitrogens with one attached hydrogen (secondary N) is 1. The standard InChI is InChI=1S/C19H18F2N2O2S/c1-2-3-4-8-25-14-7-5-6-12(9-14)18(24)23-19-22-17-15(21)10-13(20)11-16(17)26-19/h5-7,9-11H,2-4,8H2,1H3,(H,22,23,24). The molecule has 0 aliphatic rings. The lowest BCUT2D eigenvalue weighted by atomic mass is 10.2. The molecule has 0 saturated carbocycles. The predicted molar refractivity (Wildman–Crippen MR) is 99.0 cm³/mol. The Morgan fingerprint density at radius 1 is 1.23 bits per heavy atom. The van der Waals surface area contributed by atoms with Crippen LogP contribution in [0.2, 0.25) is 0 Å². The number of hydrogen-bond acceptors (Lipinski definition) is 4. The highest BCUT2D eigenvalue weighted by molar-refractivity contribution is 7.22. The van der Waals surface area contributed by atoms with Crippen molar-refractivity contribution in [2.75, 3.05) is 11.9 Å². The van der Waals surface area contributed by atoms with Gasteiger partial charge in [0.1, 0.15) is 17.1 Å². The highest BCUT2D eigenvalue weighted by atomic mass is 32.1. The van der Waals surface area contributed by atoms with Crippen LogP contribution in [0.1, 0.15) is 36.5 Å². The number of thiazole rings is 1. The topological polar surface area (TPSA) is 51.2 Å². The molecule has 1 heterocycles. The fraction of sp³-hybridized carbons (Fsp3) is 0.263. The summed E-state index contributed by atoms with van der Waals surface area (Å²) in [6.45, 7) is 2.72. The van der Waals surface area contributed by atoms with Crippen LogP contribution in [0.25, 0.3) is 10.2 Å². The fourth-order valence-corrected chi connectivity index (χ4v) is 3.35. The number of aromatic nitrogens is 1. The van der Waals surface area contributed by atoms with Gasteiger partial charge >= 0.3 is 0 Å². The first kappa shape index (κ1) is 18.3. The van der Waals surface area contributed by atoms with Gasteiger partial charge in [-0.25, -0.2) is 13.8 Å². The number of amides is 1. The van der Waals surface area contributed by atoms with E-state index >= 15 is 0 Å². The van der Waals surface area contributed by atoms with Gasteiger partial charge in [-0.2, -0.15) is 0 Å². The second-order valence-corrected chi connectivity index (χ2v) is 6.82. The zero-order chi connectivity index (χ0) is 18.5. The van der Waals surface area contributed by atoms with E-state index in [1.165, 1.54) is 6.07 Å². The van der Waals surface area contributed by atoms with Crippen LogP contribution in [0.15, 0.2) is 36.4 Å². The summed E-state index contributed by atoms with van der Waals surface area (Å²) in [6.07, 6.45) is 3.16. The molecular weight excluding hydrogens is 358 g/mol. The molecule has 0 aliphatic carbocycles. The summed E-state index contributed by atoms with van der Waals surface area (Å²) in [5.74, 6) is -1.20. The second kappa shape index (κ2) is 8.23. The van der Waals surface area contributed by atoms with E-state index in [9.17, 15) is 13.6 Å². The number of carbonyl (C=O) groups excluding carboxylic acids is 1. The average Bonchev–Trinajstić information content (AvgIpc) is 3.01. The lowest BCUT2D eigenvalue weighted by Crippen LogP contribution is -2.11. The molecule has 0 fully saturated rings. The summed E-state index contributed by atoms with van der Waals surface area (Å²) in [4.78, 5) is 16.4. The van der Waals surface area contributed by atoms with E-state index in [0.29, 0.717) is 22.6 Å². The summed E-state index contributed by atoms with van der Waals surface area (Å²) in [7, 11) is 0. The van der Waals surface area contributed by atoms with Gasteiger partial charge in [0, 0.05) is 11.6 Å². The maximum absolute atomic E-state index is 13.7. The van der Waals surface area contributed by atoms with Crippen molar-refractivity contribution < 1.29 is 18.3 Å². The van der Waals surface area contributed by atoms with E-state index in [1.54, 1.807) is 24.3 Å². The predicted octanol–water partition coefficient (Wildman–Crippen LogP) is 5.40. The van der Waals surface area contributed by atoms with Crippen molar-refractivity contribution in [3.63, 3.8) is 0 Å². The highest BCUT2D eigenvalue weighted by Crippen LogP contribution is 2.29. The van der Waals surface area contributed by atoms with Crippen LogP contribution < -0.4 is 10.1 Å². The summed E-state index contributed by atoms with van der Waals surface area (Å²) in [6, 6.07) is 8.79. The number of ether oxygens (including phenoxy) is 1. The Morgan fingerprint density at radius 3 is 2.88 bits per heavy atom. The number of carbonyl (C=O) groups is 1. The molecule has 136 valence electrons. The molecule has 3 rings (SSSR count). The third kappa shape index (κ3) is 4.35. The van der Waals surface area contributed by atoms with Crippen molar-refractivity contribution >= 4 is 32.6 Å². The highest BCUT2D eigenvalue weighted by Gasteiger charge is 2.14. The molecule has 26 heavy (non-hydrogen) atoms. The minimum atomic E-state index is -0.751. The summed E-state index contributed by atoms with van der Waals surface area (Å²) in [5, 5.41) is 2.83. The van der Waals surface area contributed by atoms with Crippen LogP contribution >= 0.6 is 11.3 Å². The van der Waals surface area contributed by atoms with Crippen molar-refractivity contribution in [1.82, 2.24) is 4.98 Å². The number of fused-ring (bicyclic) bond motifs is 1. The van der Waals surface area contributed by atoms with Crippen LogP contribution in [0.5, 0.6) is 5.75 Å². The van der Waals surface area contributed by atoms with Gasteiger partial charge in [0.15, 0.2) is 10.9 Å². The van der Waals surface area contributed by atoms with Crippen LogP contribution in [-0.4, -0.2) is 17.5 Å². The van der Waals surface area contributed by atoms with Crippen molar-refractivity contribution in [1.29, 1.82) is 0 Å². The minimum Gasteiger partial charge on any atom is -0.494 e. The molecule has 4 nitrogen and oxygen atoms in total. The Bertz CT molecular complexity index is 927. The number of rotatable bonds is 7. The second-order valence-electron chi connectivity index (χ2n) is 5.79. The zero-order valence-corrected chi connectivity index (χ0v) is 15.0. The van der Waals surface area contributed by atoms with Gasteiger partial charge in [0.25, 0.3) is 5.91 Å².